The second-order valence-corrected chi connectivity index (χ2v) is 9.43. The lowest BCUT2D eigenvalue weighted by atomic mass is 9.95. The molecule has 4 heterocycles. The van der Waals surface area contributed by atoms with E-state index < -0.39 is 35.1 Å². The highest BCUT2D eigenvalue weighted by atomic mass is 19.4. The first-order valence-electron chi connectivity index (χ1n) is 11.8. The van der Waals surface area contributed by atoms with E-state index in [9.17, 15) is 27.2 Å². The van der Waals surface area contributed by atoms with Gasteiger partial charge in [0.15, 0.2) is 0 Å². The van der Waals surface area contributed by atoms with Gasteiger partial charge < -0.3 is 10.6 Å². The van der Waals surface area contributed by atoms with Gasteiger partial charge in [0.25, 0.3) is 11.5 Å². The van der Waals surface area contributed by atoms with Crippen molar-refractivity contribution < 1.29 is 22.4 Å². The maximum atomic E-state index is 14.5. The smallest absolute Gasteiger partial charge is 0.344 e. The maximum absolute atomic E-state index is 14.5. The van der Waals surface area contributed by atoms with Gasteiger partial charge in [-0.05, 0) is 32.0 Å². The summed E-state index contributed by atoms with van der Waals surface area (Å²) in [6.45, 7) is 4.78. The molecule has 0 aliphatic carbocycles. The number of benzene rings is 1. The molecule has 0 unspecified atom stereocenters. The maximum Gasteiger partial charge on any atom is 0.419 e. The number of nitrogens with one attached hydrogen (secondary N) is 2. The van der Waals surface area contributed by atoms with Crippen molar-refractivity contribution in [2.24, 2.45) is 0 Å². The van der Waals surface area contributed by atoms with Crippen molar-refractivity contribution in [3.63, 3.8) is 0 Å². The number of hydrogen-bond donors (Lipinski definition) is 2. The van der Waals surface area contributed by atoms with Crippen molar-refractivity contribution in [3.8, 4) is 16.9 Å². The summed E-state index contributed by atoms with van der Waals surface area (Å²) in [4.78, 5) is 29.7. The molecular weight excluding hydrogens is 520 g/mol. The minimum Gasteiger partial charge on any atom is -0.344 e. The molecule has 0 spiro atoms. The number of nitrogens with zero attached hydrogens (tertiary/aromatic N) is 6. The Kier molecular flexibility index (Phi) is 6.50. The summed E-state index contributed by atoms with van der Waals surface area (Å²) >= 11 is 0. The highest BCUT2D eigenvalue weighted by Crippen LogP contribution is 2.34. The third-order valence-electron chi connectivity index (χ3n) is 6.52. The van der Waals surface area contributed by atoms with Gasteiger partial charge in [-0.3, -0.25) is 14.6 Å². The molecule has 1 fully saturated rings. The molecule has 14 heteroatoms. The molecule has 0 radical (unpaired) electrons. The molecule has 10 nitrogen and oxygen atoms in total. The van der Waals surface area contributed by atoms with Crippen LogP contribution in [0.5, 0.6) is 0 Å². The molecule has 39 heavy (non-hydrogen) atoms. The third-order valence-corrected chi connectivity index (χ3v) is 6.52. The molecule has 1 aliphatic heterocycles. The molecular formula is C25H22F4N8O2. The van der Waals surface area contributed by atoms with E-state index in [0.29, 0.717) is 30.4 Å². The molecule has 202 valence electrons. The van der Waals surface area contributed by atoms with E-state index in [1.54, 1.807) is 23.1 Å². The van der Waals surface area contributed by atoms with Gasteiger partial charge >= 0.3 is 6.18 Å². The predicted molar refractivity (Wildman–Crippen MR) is 130 cm³/mol. The van der Waals surface area contributed by atoms with Crippen LogP contribution in [0, 0.1) is 5.82 Å². The molecule has 0 bridgehead atoms. The van der Waals surface area contributed by atoms with Crippen LogP contribution in [0.3, 0.4) is 0 Å². The van der Waals surface area contributed by atoms with Gasteiger partial charge in [0, 0.05) is 36.5 Å². The fourth-order valence-electron chi connectivity index (χ4n) is 4.32. The summed E-state index contributed by atoms with van der Waals surface area (Å²) in [6.07, 6.45) is -0.329. The number of aromatic nitrogens is 6. The first-order chi connectivity index (χ1) is 18.5. The Morgan fingerprint density at radius 1 is 1.15 bits per heavy atom. The first-order valence-corrected chi connectivity index (χ1v) is 11.8. The molecule has 4 aromatic rings. The molecule has 3 aromatic heterocycles. The number of rotatable bonds is 6. The average molecular weight is 542 g/mol. The monoisotopic (exact) mass is 542 g/mol. The Balaban J connectivity index is 1.42. The summed E-state index contributed by atoms with van der Waals surface area (Å²) in [5.74, 6) is -2.29. The Morgan fingerprint density at radius 3 is 2.62 bits per heavy atom. The van der Waals surface area contributed by atoms with E-state index in [4.69, 9.17) is 0 Å². The zero-order chi connectivity index (χ0) is 27.9. The quantitative estimate of drug-likeness (QED) is 0.360. The summed E-state index contributed by atoms with van der Waals surface area (Å²) in [7, 11) is 0. The van der Waals surface area contributed by atoms with Crippen molar-refractivity contribution in [1.29, 1.82) is 0 Å². The van der Waals surface area contributed by atoms with Gasteiger partial charge in [-0.2, -0.15) is 23.0 Å². The van der Waals surface area contributed by atoms with Crippen LogP contribution in [0.4, 0.5) is 17.6 Å². The van der Waals surface area contributed by atoms with Crippen LogP contribution in [0.2, 0.25) is 0 Å². The van der Waals surface area contributed by atoms with Gasteiger partial charge in [-0.25, -0.2) is 9.07 Å². The van der Waals surface area contributed by atoms with Gasteiger partial charge in [0.2, 0.25) is 0 Å². The fourth-order valence-corrected chi connectivity index (χ4v) is 4.32. The van der Waals surface area contributed by atoms with E-state index >= 15 is 0 Å². The van der Waals surface area contributed by atoms with Gasteiger partial charge in [0.05, 0.1) is 40.9 Å². The largest absolute Gasteiger partial charge is 0.419 e. The molecule has 2 N–H and O–H groups in total. The first kappa shape index (κ1) is 26.2. The summed E-state index contributed by atoms with van der Waals surface area (Å²) in [6, 6.07) is 5.66. The summed E-state index contributed by atoms with van der Waals surface area (Å²) in [5.41, 5.74) is -1.26. The van der Waals surface area contributed by atoms with Crippen molar-refractivity contribution in [2.45, 2.75) is 31.6 Å². The van der Waals surface area contributed by atoms with Gasteiger partial charge in [-0.15, -0.1) is 5.10 Å². The number of amides is 1. The van der Waals surface area contributed by atoms with Crippen LogP contribution in [0.15, 0.2) is 59.8 Å². The van der Waals surface area contributed by atoms with E-state index in [1.807, 2.05) is 6.92 Å². The molecule has 1 aliphatic rings. The zero-order valence-corrected chi connectivity index (χ0v) is 20.7. The molecule has 0 saturated carbocycles. The number of pyridine rings is 1. The lowest BCUT2D eigenvalue weighted by molar-refractivity contribution is -0.140. The minimum absolute atomic E-state index is 0.209. The van der Waals surface area contributed by atoms with Crippen LogP contribution < -0.4 is 16.2 Å². The Bertz CT molecular complexity index is 1610. The predicted octanol–water partition coefficient (Wildman–Crippen LogP) is 2.85. The Morgan fingerprint density at radius 2 is 1.92 bits per heavy atom. The number of alkyl halides is 3. The minimum atomic E-state index is -4.89. The van der Waals surface area contributed by atoms with Crippen LogP contribution in [-0.4, -0.2) is 48.8 Å². The van der Waals surface area contributed by atoms with Crippen LogP contribution in [-0.2, 0) is 11.7 Å². The molecule has 5 rings (SSSR count). The summed E-state index contributed by atoms with van der Waals surface area (Å²) in [5, 5.41) is 18.0. The third kappa shape index (κ3) is 4.90. The SMILES string of the molecule is C[C@@H](NC(=O)c1ccc(=O)n(-c2cncc(-c3cnnn3C3(C)CNC3)c2)n1)c1cccc(C(F)(F)F)c1F. The second-order valence-electron chi connectivity index (χ2n) is 9.43. The summed E-state index contributed by atoms with van der Waals surface area (Å²) < 4.78 is 56.6. The Labute approximate surface area is 218 Å². The number of hydrogen-bond acceptors (Lipinski definition) is 7. The standard InChI is InChI=1S/C25H22F4N8O2/c1-14(17-4-3-5-18(22(17)26)25(27,28)29)33-23(39)19-6-7-21(38)36(34-19)16-8-15(9-30-10-16)20-11-32-35-37(20)24(2)12-31-13-24/h3-11,14,31H,12-13H2,1-2H3,(H,33,39)/t14-/m1/s1. The van der Waals surface area contributed by atoms with Crippen LogP contribution in [0.25, 0.3) is 16.9 Å². The molecule has 1 atom stereocenters. The highest BCUT2D eigenvalue weighted by molar-refractivity contribution is 5.92. The molecule has 1 aromatic carbocycles. The van der Waals surface area contributed by atoms with Crippen LogP contribution >= 0.6 is 0 Å². The zero-order valence-electron chi connectivity index (χ0n) is 20.7. The van der Waals surface area contributed by atoms with Crippen LogP contribution in [0.1, 0.15) is 41.5 Å². The number of halogens is 4. The Hall–Kier alpha value is -4.46. The van der Waals surface area contributed by atoms with E-state index in [-0.39, 0.29) is 22.5 Å². The molecule has 1 amide bonds. The lowest BCUT2D eigenvalue weighted by Gasteiger charge is -2.39. The topological polar surface area (TPSA) is 120 Å². The van der Waals surface area contributed by atoms with Gasteiger partial charge in [0.1, 0.15) is 11.5 Å². The highest BCUT2D eigenvalue weighted by Gasteiger charge is 2.37. The van der Waals surface area contributed by atoms with E-state index in [2.05, 4.69) is 31.0 Å². The van der Waals surface area contributed by atoms with E-state index in [1.165, 1.54) is 19.2 Å². The fraction of sp³-hybridized carbons (Fsp3) is 0.280. The normalized spacial score (nSPS) is 15.4. The molecule has 1 saturated heterocycles. The van der Waals surface area contributed by atoms with Crippen molar-refractivity contribution in [3.05, 3.63) is 88.0 Å². The lowest BCUT2D eigenvalue weighted by Crippen LogP contribution is -2.59. The van der Waals surface area contributed by atoms with E-state index in [0.717, 1.165) is 22.9 Å². The van der Waals surface area contributed by atoms with Crippen molar-refractivity contribution in [1.82, 2.24) is 40.4 Å². The van der Waals surface area contributed by atoms with Gasteiger partial charge in [-0.1, -0.05) is 17.3 Å². The average Bonchev–Trinajstić information content (AvgIpc) is 3.37. The number of carbonyl (C=O) groups is 1. The van der Waals surface area contributed by atoms with Crippen molar-refractivity contribution in [2.75, 3.05) is 13.1 Å². The van der Waals surface area contributed by atoms with Crippen molar-refractivity contribution >= 4 is 5.91 Å². The second kappa shape index (κ2) is 9.69. The number of carbonyl (C=O) groups excluding carboxylic acids is 1.